The highest BCUT2D eigenvalue weighted by molar-refractivity contribution is 9.10. The Morgan fingerprint density at radius 2 is 2.15 bits per heavy atom. The van der Waals surface area contributed by atoms with E-state index >= 15 is 0 Å². The van der Waals surface area contributed by atoms with Crippen molar-refractivity contribution in [3.63, 3.8) is 0 Å². The number of hydrogen-bond acceptors (Lipinski definition) is 3. The first kappa shape index (κ1) is 19.1. The molecule has 1 heterocycles. The largest absolute Gasteiger partial charge is 0.497 e. The van der Waals surface area contributed by atoms with Gasteiger partial charge < -0.3 is 19.7 Å². The minimum Gasteiger partial charge on any atom is -0.497 e. The van der Waals surface area contributed by atoms with Crippen molar-refractivity contribution in [3.8, 4) is 5.75 Å². The predicted octanol–water partition coefficient (Wildman–Crippen LogP) is 4.84. The summed E-state index contributed by atoms with van der Waals surface area (Å²) in [7, 11) is 1.66. The molecule has 0 spiro atoms. The van der Waals surface area contributed by atoms with E-state index < -0.39 is 0 Å². The van der Waals surface area contributed by atoms with Gasteiger partial charge in [-0.05, 0) is 54.9 Å². The number of methoxy groups -OCH3 is 1. The van der Waals surface area contributed by atoms with E-state index in [0.29, 0.717) is 5.11 Å². The molecule has 1 aliphatic heterocycles. The van der Waals surface area contributed by atoms with Gasteiger partial charge in [-0.15, -0.1) is 0 Å². The first-order valence-corrected chi connectivity index (χ1v) is 9.90. The van der Waals surface area contributed by atoms with Crippen LogP contribution in [0.2, 0.25) is 0 Å². The standard InChI is InChI=1S/C20H23BrN2O2S/c1-24-18-8-3-7-17(12-18)22-20(26)23(14-19-9-4-10-25-19)13-15-5-2-6-16(21)11-15/h2-3,5-8,11-12,19H,4,9-10,13-14H2,1H3,(H,22,26). The van der Waals surface area contributed by atoms with E-state index in [2.05, 4.69) is 38.3 Å². The van der Waals surface area contributed by atoms with Gasteiger partial charge in [0.1, 0.15) is 5.75 Å². The molecule has 26 heavy (non-hydrogen) atoms. The van der Waals surface area contributed by atoms with Crippen molar-refractivity contribution in [1.82, 2.24) is 4.90 Å². The quantitative estimate of drug-likeness (QED) is 0.657. The monoisotopic (exact) mass is 434 g/mol. The average Bonchev–Trinajstić information content (AvgIpc) is 3.14. The Labute approximate surface area is 168 Å². The van der Waals surface area contributed by atoms with Crippen LogP contribution in [0.15, 0.2) is 53.0 Å². The van der Waals surface area contributed by atoms with E-state index in [1.54, 1.807) is 7.11 Å². The molecule has 1 unspecified atom stereocenters. The lowest BCUT2D eigenvalue weighted by molar-refractivity contribution is 0.0905. The summed E-state index contributed by atoms with van der Waals surface area (Å²) in [5.74, 6) is 0.801. The van der Waals surface area contributed by atoms with Crippen LogP contribution in [-0.4, -0.2) is 36.4 Å². The first-order valence-electron chi connectivity index (χ1n) is 8.70. The summed E-state index contributed by atoms with van der Waals surface area (Å²) in [4.78, 5) is 2.17. The van der Waals surface area contributed by atoms with Crippen LogP contribution in [0.3, 0.4) is 0 Å². The lowest BCUT2D eigenvalue weighted by Gasteiger charge is -2.28. The zero-order valence-electron chi connectivity index (χ0n) is 14.8. The summed E-state index contributed by atoms with van der Waals surface area (Å²) in [6, 6.07) is 16.1. The second-order valence-corrected chi connectivity index (χ2v) is 7.61. The summed E-state index contributed by atoms with van der Waals surface area (Å²) in [5.41, 5.74) is 2.12. The summed E-state index contributed by atoms with van der Waals surface area (Å²) >= 11 is 9.25. The van der Waals surface area contributed by atoms with Crippen molar-refractivity contribution in [2.24, 2.45) is 0 Å². The molecule has 0 saturated carbocycles. The normalized spacial score (nSPS) is 16.3. The fourth-order valence-electron chi connectivity index (χ4n) is 3.01. The minimum atomic E-state index is 0.229. The van der Waals surface area contributed by atoms with Gasteiger partial charge in [0.05, 0.1) is 13.2 Å². The lowest BCUT2D eigenvalue weighted by Crippen LogP contribution is -2.39. The molecule has 0 aromatic heterocycles. The van der Waals surface area contributed by atoms with Gasteiger partial charge in [0.25, 0.3) is 0 Å². The van der Waals surface area contributed by atoms with Gasteiger partial charge in [-0.3, -0.25) is 0 Å². The van der Waals surface area contributed by atoms with Crippen molar-refractivity contribution < 1.29 is 9.47 Å². The molecular formula is C20H23BrN2O2S. The van der Waals surface area contributed by atoms with Crippen LogP contribution in [0, 0.1) is 0 Å². The Morgan fingerprint density at radius 3 is 2.88 bits per heavy atom. The third-order valence-electron chi connectivity index (χ3n) is 4.32. The Kier molecular flexibility index (Phi) is 6.88. The maximum absolute atomic E-state index is 5.82. The van der Waals surface area contributed by atoms with E-state index in [4.69, 9.17) is 21.7 Å². The second-order valence-electron chi connectivity index (χ2n) is 6.31. The fourth-order valence-corrected chi connectivity index (χ4v) is 3.72. The predicted molar refractivity (Wildman–Crippen MR) is 113 cm³/mol. The highest BCUT2D eigenvalue weighted by Crippen LogP contribution is 2.20. The molecule has 0 bridgehead atoms. The summed E-state index contributed by atoms with van der Waals surface area (Å²) in [6.07, 6.45) is 2.43. The van der Waals surface area contributed by atoms with Crippen molar-refractivity contribution >= 4 is 38.9 Å². The third-order valence-corrected chi connectivity index (χ3v) is 5.17. The van der Waals surface area contributed by atoms with Crippen LogP contribution in [-0.2, 0) is 11.3 Å². The van der Waals surface area contributed by atoms with Crippen LogP contribution >= 0.6 is 28.1 Å². The minimum absolute atomic E-state index is 0.229. The van der Waals surface area contributed by atoms with Gasteiger partial charge in [-0.1, -0.05) is 34.1 Å². The molecule has 0 amide bonds. The molecule has 0 aliphatic carbocycles. The molecule has 1 atom stereocenters. The van der Waals surface area contributed by atoms with Crippen molar-refractivity contribution in [3.05, 3.63) is 58.6 Å². The van der Waals surface area contributed by atoms with E-state index in [-0.39, 0.29) is 6.10 Å². The second kappa shape index (κ2) is 9.35. The van der Waals surface area contributed by atoms with Crippen LogP contribution in [0.25, 0.3) is 0 Å². The van der Waals surface area contributed by atoms with Gasteiger partial charge in [0.15, 0.2) is 5.11 Å². The smallest absolute Gasteiger partial charge is 0.173 e. The van der Waals surface area contributed by atoms with E-state index in [1.807, 2.05) is 36.4 Å². The molecule has 1 saturated heterocycles. The number of hydrogen-bond donors (Lipinski definition) is 1. The van der Waals surface area contributed by atoms with Crippen molar-refractivity contribution in [2.75, 3.05) is 25.6 Å². The number of nitrogens with one attached hydrogen (secondary N) is 1. The molecule has 3 rings (SSSR count). The van der Waals surface area contributed by atoms with Crippen LogP contribution in [0.1, 0.15) is 18.4 Å². The SMILES string of the molecule is COc1cccc(NC(=S)N(Cc2cccc(Br)c2)CC2CCCO2)c1. The number of anilines is 1. The summed E-state index contributed by atoms with van der Waals surface area (Å²) in [5, 5.41) is 4.02. The van der Waals surface area contributed by atoms with Crippen LogP contribution in [0.5, 0.6) is 5.75 Å². The molecular weight excluding hydrogens is 412 g/mol. The van der Waals surface area contributed by atoms with E-state index in [1.165, 1.54) is 5.56 Å². The number of halogens is 1. The highest BCUT2D eigenvalue weighted by atomic mass is 79.9. The zero-order chi connectivity index (χ0) is 18.4. The number of benzene rings is 2. The average molecular weight is 435 g/mol. The molecule has 1 N–H and O–H groups in total. The van der Waals surface area contributed by atoms with Crippen LogP contribution in [0.4, 0.5) is 5.69 Å². The molecule has 2 aromatic carbocycles. The van der Waals surface area contributed by atoms with Gasteiger partial charge in [0, 0.05) is 35.9 Å². The lowest BCUT2D eigenvalue weighted by atomic mass is 10.2. The van der Waals surface area contributed by atoms with E-state index in [0.717, 1.165) is 48.4 Å². The van der Waals surface area contributed by atoms with Crippen molar-refractivity contribution in [2.45, 2.75) is 25.5 Å². The molecule has 0 radical (unpaired) electrons. The Balaban J connectivity index is 1.73. The molecule has 138 valence electrons. The van der Waals surface area contributed by atoms with Crippen molar-refractivity contribution in [1.29, 1.82) is 0 Å². The van der Waals surface area contributed by atoms with Crippen LogP contribution < -0.4 is 10.1 Å². The van der Waals surface area contributed by atoms with Gasteiger partial charge in [0.2, 0.25) is 0 Å². The molecule has 1 fully saturated rings. The topological polar surface area (TPSA) is 33.7 Å². The van der Waals surface area contributed by atoms with E-state index in [9.17, 15) is 0 Å². The first-order chi connectivity index (χ1) is 12.6. The van der Waals surface area contributed by atoms with Gasteiger partial charge in [-0.25, -0.2) is 0 Å². The zero-order valence-corrected chi connectivity index (χ0v) is 17.2. The Hall–Kier alpha value is -1.63. The Morgan fingerprint density at radius 1 is 1.31 bits per heavy atom. The molecule has 2 aromatic rings. The summed E-state index contributed by atoms with van der Waals surface area (Å²) < 4.78 is 12.2. The molecule has 4 nitrogen and oxygen atoms in total. The van der Waals surface area contributed by atoms with Gasteiger partial charge >= 0.3 is 0 Å². The molecule has 1 aliphatic rings. The number of ether oxygens (including phenoxy) is 2. The number of thiocarbonyl (C=S) groups is 1. The third kappa shape index (κ3) is 5.43. The fraction of sp³-hybridized carbons (Fsp3) is 0.350. The number of nitrogens with zero attached hydrogens (tertiary/aromatic N) is 1. The number of rotatable bonds is 6. The Bertz CT molecular complexity index is 750. The highest BCUT2D eigenvalue weighted by Gasteiger charge is 2.21. The summed E-state index contributed by atoms with van der Waals surface area (Å²) in [6.45, 7) is 2.35. The maximum atomic E-state index is 5.82. The maximum Gasteiger partial charge on any atom is 0.173 e. The van der Waals surface area contributed by atoms with Gasteiger partial charge in [-0.2, -0.15) is 0 Å². The molecule has 6 heteroatoms.